The normalized spacial score (nSPS) is 21.7. The number of rotatable bonds is 11. The summed E-state index contributed by atoms with van der Waals surface area (Å²) >= 11 is 0. The minimum Gasteiger partial charge on any atom is -0.404 e. The molecule has 1 amide bonds. The van der Waals surface area contributed by atoms with Crippen LogP contribution >= 0.6 is 0 Å². The van der Waals surface area contributed by atoms with Crippen LogP contribution in [0.2, 0.25) is 5.04 Å². The predicted octanol–water partition coefficient (Wildman–Crippen LogP) is 5.30. The molecule has 4 atom stereocenters. The molecular weight excluding hydrogens is 675 g/mol. The number of nitrogens with one attached hydrogen (secondary N) is 1. The van der Waals surface area contributed by atoms with E-state index in [1.54, 1.807) is 36.5 Å². The maximum atomic E-state index is 13.7. The Morgan fingerprint density at radius 3 is 2.08 bits per heavy atom. The third-order valence-electron chi connectivity index (χ3n) is 9.75. The van der Waals surface area contributed by atoms with Gasteiger partial charge in [0.1, 0.15) is 30.4 Å². The van der Waals surface area contributed by atoms with Crippen LogP contribution in [0, 0.1) is 0 Å². The van der Waals surface area contributed by atoms with E-state index in [1.165, 1.54) is 4.57 Å². The number of ether oxygens (including phenoxy) is 4. The van der Waals surface area contributed by atoms with Crippen molar-refractivity contribution < 1.29 is 28.2 Å². The molecule has 2 bridgehead atoms. The van der Waals surface area contributed by atoms with Crippen molar-refractivity contribution in [1.29, 1.82) is 0 Å². The summed E-state index contributed by atoms with van der Waals surface area (Å²) in [7, 11) is -3.03. The molecule has 1 N–H and O–H groups in total. The van der Waals surface area contributed by atoms with Crippen molar-refractivity contribution in [3.8, 4) is 0 Å². The lowest BCUT2D eigenvalue weighted by molar-refractivity contribution is -0.198. The Kier molecular flexibility index (Phi) is 10.3. The van der Waals surface area contributed by atoms with Crippen LogP contribution in [0.25, 0.3) is 0 Å². The van der Waals surface area contributed by atoms with Crippen molar-refractivity contribution in [2.24, 2.45) is 0 Å². The molecule has 0 spiro atoms. The average Bonchev–Trinajstić information content (AvgIpc) is 3.33. The lowest BCUT2D eigenvalue weighted by Gasteiger charge is -2.45. The molecule has 1 aromatic heterocycles. The van der Waals surface area contributed by atoms with Gasteiger partial charge >= 0.3 is 5.69 Å². The first-order chi connectivity index (χ1) is 25.2. The Morgan fingerprint density at radius 1 is 0.885 bits per heavy atom. The van der Waals surface area contributed by atoms with Crippen molar-refractivity contribution in [3.05, 3.63) is 155 Å². The average molecular weight is 718 g/mol. The number of nitrogens with zero attached hydrogens (tertiary/aromatic N) is 2. The topological polar surface area (TPSA) is 110 Å². The molecule has 2 fully saturated rings. The molecule has 10 nitrogen and oxygen atoms in total. The fourth-order valence-corrected chi connectivity index (χ4v) is 11.9. The number of amides is 1. The van der Waals surface area contributed by atoms with Crippen molar-refractivity contribution in [2.75, 3.05) is 25.3 Å². The van der Waals surface area contributed by atoms with Crippen molar-refractivity contribution in [3.63, 3.8) is 0 Å². The van der Waals surface area contributed by atoms with E-state index in [0.29, 0.717) is 5.56 Å². The van der Waals surface area contributed by atoms with E-state index in [2.05, 4.69) is 55.3 Å². The number of fused-ring (bicyclic) bond motifs is 2. The molecule has 0 unspecified atom stereocenters. The molecule has 2 aliphatic rings. The summed E-state index contributed by atoms with van der Waals surface area (Å²) in [6, 6.07) is 41.0. The van der Waals surface area contributed by atoms with Crippen LogP contribution in [-0.2, 0) is 30.0 Å². The fraction of sp³-hybridized carbons (Fsp3) is 0.293. The Bertz CT molecular complexity index is 1970. The molecule has 52 heavy (non-hydrogen) atoms. The van der Waals surface area contributed by atoms with Crippen LogP contribution in [0.4, 0.5) is 5.82 Å². The van der Waals surface area contributed by atoms with Crippen LogP contribution in [0.3, 0.4) is 0 Å². The second-order valence-corrected chi connectivity index (χ2v) is 18.5. The van der Waals surface area contributed by atoms with Gasteiger partial charge in [-0.1, -0.05) is 130 Å². The van der Waals surface area contributed by atoms with Crippen molar-refractivity contribution in [1.82, 2.24) is 9.55 Å². The Hall–Kier alpha value is -4.75. The highest BCUT2D eigenvalue weighted by Gasteiger charge is 2.61. The molecule has 2 saturated heterocycles. The van der Waals surface area contributed by atoms with Gasteiger partial charge < -0.3 is 28.7 Å². The van der Waals surface area contributed by atoms with Crippen LogP contribution in [0.5, 0.6) is 0 Å². The summed E-state index contributed by atoms with van der Waals surface area (Å²) in [4.78, 5) is 30.7. The van der Waals surface area contributed by atoms with Crippen molar-refractivity contribution >= 4 is 30.4 Å². The second kappa shape index (κ2) is 15.1. The quantitative estimate of drug-likeness (QED) is 0.184. The molecule has 268 valence electrons. The number of hydrogen-bond donors (Lipinski definition) is 1. The number of carbonyl (C=O) groups is 1. The largest absolute Gasteiger partial charge is 0.404 e. The van der Waals surface area contributed by atoms with Crippen LogP contribution < -0.4 is 21.4 Å². The Balaban J connectivity index is 1.26. The second-order valence-electron chi connectivity index (χ2n) is 14.2. The van der Waals surface area contributed by atoms with Gasteiger partial charge in [-0.2, -0.15) is 4.98 Å². The van der Waals surface area contributed by atoms with Crippen LogP contribution in [0.1, 0.15) is 42.9 Å². The predicted molar refractivity (Wildman–Crippen MR) is 200 cm³/mol. The van der Waals surface area contributed by atoms with Crippen LogP contribution in [-0.4, -0.2) is 61.6 Å². The standard InChI is InChI=1S/C41H43N3O7Si/c1-40(2,3)52(32-20-12-6-13-21-32,33-22-14-7-15-23-33)50-28-41-27-47-29-49-35(36(41)48-26-30-16-8-4-9-17-30)38(51-41)44-25-24-34(43-39(44)46)42-37(45)31-18-10-5-11-19-31/h4-25,35-36,38H,26-29H2,1-3H3,(H,42,43,45,46)/t35-,36+,38-,41-/m1/s1. The van der Waals surface area contributed by atoms with Gasteiger partial charge in [0.15, 0.2) is 6.23 Å². The Morgan fingerprint density at radius 2 is 1.48 bits per heavy atom. The van der Waals surface area contributed by atoms with E-state index in [4.69, 9.17) is 23.4 Å². The minimum atomic E-state index is -3.03. The van der Waals surface area contributed by atoms with Crippen LogP contribution in [0.15, 0.2) is 138 Å². The zero-order valence-electron chi connectivity index (χ0n) is 29.5. The molecule has 11 heteroatoms. The van der Waals surface area contributed by atoms with Gasteiger partial charge in [0.05, 0.1) is 19.8 Å². The lowest BCUT2D eigenvalue weighted by Crippen LogP contribution is -2.68. The van der Waals surface area contributed by atoms with Gasteiger partial charge in [0, 0.05) is 11.8 Å². The SMILES string of the molecule is CC(C)(C)[Si](OC[C@@]12COCO[C@@H]([C@H](n3ccc(NC(=O)c4ccccc4)nc3=O)O1)[C@@H]2OCc1ccccc1)(c1ccccc1)c1ccccc1. The molecule has 0 radical (unpaired) electrons. The highest BCUT2D eigenvalue weighted by atomic mass is 28.4. The number of aromatic nitrogens is 2. The molecule has 4 aromatic carbocycles. The van der Waals surface area contributed by atoms with E-state index in [1.807, 2.05) is 72.8 Å². The maximum absolute atomic E-state index is 13.7. The zero-order valence-corrected chi connectivity index (χ0v) is 30.5. The van der Waals surface area contributed by atoms with E-state index in [-0.39, 0.29) is 43.4 Å². The first-order valence-corrected chi connectivity index (χ1v) is 19.3. The number of carbonyl (C=O) groups excluding carboxylic acids is 1. The van der Waals surface area contributed by atoms with Crippen molar-refractivity contribution in [2.45, 2.75) is 56.5 Å². The Labute approximate surface area is 304 Å². The summed E-state index contributed by atoms with van der Waals surface area (Å²) in [5.74, 6) is -0.247. The third kappa shape index (κ3) is 7.03. The highest BCUT2D eigenvalue weighted by Crippen LogP contribution is 2.45. The summed E-state index contributed by atoms with van der Waals surface area (Å²) in [5, 5.41) is 4.66. The zero-order chi connectivity index (χ0) is 36.2. The lowest BCUT2D eigenvalue weighted by atomic mass is 9.96. The number of hydrogen-bond acceptors (Lipinski definition) is 8. The molecule has 3 heterocycles. The molecule has 2 aliphatic heterocycles. The molecule has 5 aromatic rings. The maximum Gasteiger partial charge on any atom is 0.351 e. The fourth-order valence-electron chi connectivity index (χ4n) is 7.28. The van der Waals surface area contributed by atoms with Gasteiger partial charge in [0.2, 0.25) is 0 Å². The van der Waals surface area contributed by atoms with Gasteiger partial charge in [-0.05, 0) is 39.2 Å². The van der Waals surface area contributed by atoms with Gasteiger partial charge in [-0.3, -0.25) is 9.36 Å². The third-order valence-corrected chi connectivity index (χ3v) is 14.7. The summed E-state index contributed by atoms with van der Waals surface area (Å²) in [6.45, 7) is 7.12. The van der Waals surface area contributed by atoms with E-state index >= 15 is 0 Å². The first kappa shape index (κ1) is 35.6. The summed E-state index contributed by atoms with van der Waals surface area (Å²) < 4.78 is 34.8. The molecule has 0 aliphatic carbocycles. The van der Waals surface area contributed by atoms with E-state index in [0.717, 1.165) is 15.9 Å². The van der Waals surface area contributed by atoms with Gasteiger partial charge in [-0.15, -0.1) is 0 Å². The van der Waals surface area contributed by atoms with Gasteiger partial charge in [-0.25, -0.2) is 4.79 Å². The van der Waals surface area contributed by atoms with Gasteiger partial charge in [0.25, 0.3) is 14.2 Å². The number of benzene rings is 4. The highest BCUT2D eigenvalue weighted by molar-refractivity contribution is 6.99. The smallest absolute Gasteiger partial charge is 0.351 e. The molecule has 0 saturated carbocycles. The summed E-state index contributed by atoms with van der Waals surface area (Å²) in [6.07, 6.45) is -0.806. The molecular formula is C41H43N3O7Si. The first-order valence-electron chi connectivity index (χ1n) is 17.4. The van der Waals surface area contributed by atoms with E-state index < -0.39 is 38.0 Å². The monoisotopic (exact) mass is 717 g/mol. The molecule has 7 rings (SSSR count). The minimum absolute atomic E-state index is 0.0237. The van der Waals surface area contributed by atoms with E-state index in [9.17, 15) is 9.59 Å². The summed E-state index contributed by atoms with van der Waals surface area (Å²) in [5.41, 5.74) is -0.361. The number of anilines is 1.